The molecule has 0 spiro atoms. The maximum absolute atomic E-state index is 12.6. The van der Waals surface area contributed by atoms with Gasteiger partial charge in [0.15, 0.2) is 5.65 Å². The van der Waals surface area contributed by atoms with E-state index in [1.54, 1.807) is 41.2 Å². The molecule has 0 unspecified atom stereocenters. The van der Waals surface area contributed by atoms with Crippen LogP contribution in [0.1, 0.15) is 22.3 Å². The van der Waals surface area contributed by atoms with Crippen LogP contribution in [0.4, 0.5) is 16.2 Å². The van der Waals surface area contributed by atoms with Gasteiger partial charge in [-0.3, -0.25) is 9.59 Å². The summed E-state index contributed by atoms with van der Waals surface area (Å²) in [6.45, 7) is 2.02. The SMILES string of the molecule is Cc1cnc2c(C(=O)Nc3cccc(NC(=O)NCCC(N)=O)c3)cnn2c1. The van der Waals surface area contributed by atoms with Crippen molar-refractivity contribution in [2.45, 2.75) is 13.3 Å². The molecule has 3 aromatic rings. The zero-order valence-corrected chi connectivity index (χ0v) is 15.1. The highest BCUT2D eigenvalue weighted by Gasteiger charge is 2.14. The molecule has 0 aliphatic heterocycles. The Bertz CT molecular complexity index is 1040. The summed E-state index contributed by atoms with van der Waals surface area (Å²) in [4.78, 5) is 39.3. The van der Waals surface area contributed by atoms with Crippen molar-refractivity contribution in [1.82, 2.24) is 19.9 Å². The molecule has 144 valence electrons. The minimum absolute atomic E-state index is 0.0523. The first-order valence-corrected chi connectivity index (χ1v) is 8.47. The lowest BCUT2D eigenvalue weighted by Crippen LogP contribution is -2.31. The number of aromatic nitrogens is 3. The van der Waals surface area contributed by atoms with E-state index in [0.29, 0.717) is 22.6 Å². The first-order valence-electron chi connectivity index (χ1n) is 8.47. The van der Waals surface area contributed by atoms with Crippen LogP contribution in [0, 0.1) is 6.92 Å². The van der Waals surface area contributed by atoms with Gasteiger partial charge < -0.3 is 21.7 Å². The van der Waals surface area contributed by atoms with Crippen molar-refractivity contribution in [2.24, 2.45) is 5.73 Å². The largest absolute Gasteiger partial charge is 0.370 e. The monoisotopic (exact) mass is 381 g/mol. The molecule has 0 bridgehead atoms. The second kappa shape index (κ2) is 8.16. The van der Waals surface area contributed by atoms with E-state index in [4.69, 9.17) is 5.73 Å². The Morgan fingerprint density at radius 3 is 2.64 bits per heavy atom. The van der Waals surface area contributed by atoms with E-state index in [-0.39, 0.29) is 18.9 Å². The van der Waals surface area contributed by atoms with Gasteiger partial charge in [0.2, 0.25) is 5.91 Å². The third kappa shape index (κ3) is 4.61. The minimum atomic E-state index is -0.498. The van der Waals surface area contributed by atoms with Crippen molar-refractivity contribution < 1.29 is 14.4 Å². The van der Waals surface area contributed by atoms with Crippen molar-refractivity contribution >= 4 is 34.9 Å². The molecular weight excluding hydrogens is 362 g/mol. The van der Waals surface area contributed by atoms with Crippen molar-refractivity contribution in [2.75, 3.05) is 17.2 Å². The summed E-state index contributed by atoms with van der Waals surface area (Å²) < 4.78 is 1.54. The summed E-state index contributed by atoms with van der Waals surface area (Å²) in [5.74, 6) is -0.864. The fourth-order valence-corrected chi connectivity index (χ4v) is 2.48. The summed E-state index contributed by atoms with van der Waals surface area (Å²) in [5, 5.41) is 12.0. The van der Waals surface area contributed by atoms with Crippen molar-refractivity contribution in [3.05, 3.63) is 54.0 Å². The second-order valence-electron chi connectivity index (χ2n) is 6.09. The second-order valence-corrected chi connectivity index (χ2v) is 6.09. The van der Waals surface area contributed by atoms with Gasteiger partial charge in [-0.1, -0.05) is 6.07 Å². The Balaban J connectivity index is 1.66. The molecule has 5 N–H and O–H groups in total. The van der Waals surface area contributed by atoms with E-state index in [2.05, 4.69) is 26.0 Å². The lowest BCUT2D eigenvalue weighted by atomic mass is 10.2. The fraction of sp³-hybridized carbons (Fsp3) is 0.167. The third-order valence-corrected chi connectivity index (χ3v) is 3.77. The van der Waals surface area contributed by atoms with Crippen molar-refractivity contribution in [3.63, 3.8) is 0 Å². The molecule has 0 saturated carbocycles. The number of amides is 4. The molecule has 2 aromatic heterocycles. The summed E-state index contributed by atoms with van der Waals surface area (Å²) in [5.41, 5.74) is 7.70. The number of urea groups is 1. The van der Waals surface area contributed by atoms with Crippen LogP contribution >= 0.6 is 0 Å². The number of hydrogen-bond donors (Lipinski definition) is 4. The van der Waals surface area contributed by atoms with Gasteiger partial charge in [-0.15, -0.1) is 0 Å². The highest BCUT2D eigenvalue weighted by Crippen LogP contribution is 2.17. The lowest BCUT2D eigenvalue weighted by Gasteiger charge is -2.09. The lowest BCUT2D eigenvalue weighted by molar-refractivity contribution is -0.117. The van der Waals surface area contributed by atoms with Gasteiger partial charge in [-0.05, 0) is 30.7 Å². The molecule has 2 heterocycles. The molecule has 0 radical (unpaired) electrons. The molecule has 1 aromatic carbocycles. The van der Waals surface area contributed by atoms with Gasteiger partial charge in [0.1, 0.15) is 5.56 Å². The highest BCUT2D eigenvalue weighted by atomic mass is 16.2. The van der Waals surface area contributed by atoms with Crippen LogP contribution in [-0.2, 0) is 4.79 Å². The number of nitrogens with one attached hydrogen (secondary N) is 3. The average molecular weight is 381 g/mol. The van der Waals surface area contributed by atoms with Gasteiger partial charge in [-0.2, -0.15) is 5.10 Å². The number of nitrogens with zero attached hydrogens (tertiary/aromatic N) is 3. The smallest absolute Gasteiger partial charge is 0.319 e. The number of rotatable bonds is 6. The average Bonchev–Trinajstić information content (AvgIpc) is 3.04. The Morgan fingerprint density at radius 1 is 1.14 bits per heavy atom. The van der Waals surface area contributed by atoms with E-state index < -0.39 is 11.9 Å². The number of carbonyl (C=O) groups is 3. The van der Waals surface area contributed by atoms with E-state index in [0.717, 1.165) is 5.56 Å². The van der Waals surface area contributed by atoms with Crippen LogP contribution in [0.2, 0.25) is 0 Å². The predicted octanol–water partition coefficient (Wildman–Crippen LogP) is 1.29. The zero-order valence-electron chi connectivity index (χ0n) is 15.1. The standard InChI is InChI=1S/C18H19N7O3/c1-11-8-21-16-14(9-22-25(16)10-11)17(27)23-12-3-2-4-13(7-12)24-18(28)20-6-5-15(19)26/h2-4,7-10H,5-6H2,1H3,(H2,19,26)(H,23,27)(H2,20,24,28). The minimum Gasteiger partial charge on any atom is -0.370 e. The Morgan fingerprint density at radius 2 is 1.89 bits per heavy atom. The Labute approximate surface area is 160 Å². The Kier molecular flexibility index (Phi) is 5.49. The number of primary amides is 1. The number of anilines is 2. The van der Waals surface area contributed by atoms with Gasteiger partial charge >= 0.3 is 6.03 Å². The van der Waals surface area contributed by atoms with E-state index in [1.807, 2.05) is 6.92 Å². The number of hydrogen-bond acceptors (Lipinski definition) is 5. The van der Waals surface area contributed by atoms with Gasteiger partial charge in [0.05, 0.1) is 6.20 Å². The van der Waals surface area contributed by atoms with Crippen LogP contribution in [-0.4, -0.2) is 39.0 Å². The first-order chi connectivity index (χ1) is 13.4. The third-order valence-electron chi connectivity index (χ3n) is 3.77. The topological polar surface area (TPSA) is 144 Å². The summed E-state index contributed by atoms with van der Waals surface area (Å²) in [6.07, 6.45) is 4.94. The molecule has 10 heteroatoms. The summed E-state index contributed by atoms with van der Waals surface area (Å²) >= 11 is 0. The zero-order chi connectivity index (χ0) is 20.1. The van der Waals surface area contributed by atoms with Crippen LogP contribution in [0.3, 0.4) is 0 Å². The molecule has 10 nitrogen and oxygen atoms in total. The van der Waals surface area contributed by atoms with Crippen molar-refractivity contribution in [1.29, 1.82) is 0 Å². The van der Waals surface area contributed by atoms with Gasteiger partial charge in [0, 0.05) is 36.7 Å². The van der Waals surface area contributed by atoms with Crippen LogP contribution in [0.15, 0.2) is 42.9 Å². The molecular formula is C18H19N7O3. The number of nitrogens with two attached hydrogens (primary N) is 1. The maximum Gasteiger partial charge on any atom is 0.319 e. The van der Waals surface area contributed by atoms with Gasteiger partial charge in [-0.25, -0.2) is 14.3 Å². The molecule has 0 saturated heterocycles. The maximum atomic E-state index is 12.6. The normalized spacial score (nSPS) is 10.5. The van der Waals surface area contributed by atoms with Crippen LogP contribution in [0.5, 0.6) is 0 Å². The van der Waals surface area contributed by atoms with Gasteiger partial charge in [0.25, 0.3) is 5.91 Å². The molecule has 0 atom stereocenters. The summed E-state index contributed by atoms with van der Waals surface area (Å²) in [6, 6.07) is 6.17. The molecule has 0 fully saturated rings. The summed E-state index contributed by atoms with van der Waals surface area (Å²) in [7, 11) is 0. The quantitative estimate of drug-likeness (QED) is 0.509. The van der Waals surface area contributed by atoms with Crippen LogP contribution in [0.25, 0.3) is 5.65 Å². The number of fused-ring (bicyclic) bond motifs is 1. The highest BCUT2D eigenvalue weighted by molar-refractivity contribution is 6.08. The molecule has 0 aliphatic rings. The molecule has 4 amide bonds. The Hall–Kier alpha value is -3.95. The number of carbonyl (C=O) groups excluding carboxylic acids is 3. The number of aryl methyl sites for hydroxylation is 1. The number of benzene rings is 1. The first kappa shape index (κ1) is 18.8. The predicted molar refractivity (Wildman–Crippen MR) is 103 cm³/mol. The van der Waals surface area contributed by atoms with E-state index in [1.165, 1.54) is 6.20 Å². The van der Waals surface area contributed by atoms with Crippen molar-refractivity contribution in [3.8, 4) is 0 Å². The molecule has 28 heavy (non-hydrogen) atoms. The molecule has 3 rings (SSSR count). The molecule has 0 aliphatic carbocycles. The van der Waals surface area contributed by atoms with E-state index >= 15 is 0 Å². The van der Waals surface area contributed by atoms with Crippen LogP contribution < -0.4 is 21.7 Å². The van der Waals surface area contributed by atoms with E-state index in [9.17, 15) is 14.4 Å². The fourth-order valence-electron chi connectivity index (χ4n) is 2.48.